The number of carbonyl (C=O) groups excluding carboxylic acids is 1. The van der Waals surface area contributed by atoms with E-state index in [4.69, 9.17) is 4.74 Å². The van der Waals surface area contributed by atoms with Crippen molar-refractivity contribution in [2.24, 2.45) is 0 Å². The summed E-state index contributed by atoms with van der Waals surface area (Å²) < 4.78 is 59.8. The van der Waals surface area contributed by atoms with Crippen molar-refractivity contribution in [3.8, 4) is 0 Å². The number of sulfonamides is 2. The molecule has 2 saturated heterocycles. The van der Waals surface area contributed by atoms with Gasteiger partial charge in [-0.3, -0.25) is 4.79 Å². The Kier molecular flexibility index (Phi) is 9.04. The molecule has 9 nitrogen and oxygen atoms in total. The van der Waals surface area contributed by atoms with Crippen LogP contribution >= 0.6 is 0 Å². The zero-order valence-corrected chi connectivity index (χ0v) is 23.2. The van der Waals surface area contributed by atoms with Gasteiger partial charge in [0.25, 0.3) is 0 Å². The number of amides is 1. The predicted octanol–water partition coefficient (Wildman–Crippen LogP) is 2.48. The van der Waals surface area contributed by atoms with E-state index >= 15 is 0 Å². The highest BCUT2D eigenvalue weighted by atomic mass is 32.2. The van der Waals surface area contributed by atoms with Crippen molar-refractivity contribution in [3.63, 3.8) is 0 Å². The molecule has 0 aromatic heterocycles. The number of nitrogens with one attached hydrogen (secondary N) is 1. The van der Waals surface area contributed by atoms with Gasteiger partial charge in [0.2, 0.25) is 26.0 Å². The van der Waals surface area contributed by atoms with E-state index in [0.29, 0.717) is 45.6 Å². The van der Waals surface area contributed by atoms with Crippen molar-refractivity contribution in [1.29, 1.82) is 0 Å². The van der Waals surface area contributed by atoms with Crippen LogP contribution in [0.3, 0.4) is 0 Å². The molecule has 0 aliphatic carbocycles. The maximum Gasteiger partial charge on any atom is 0.243 e. The Morgan fingerprint density at radius 2 is 1.82 bits per heavy atom. The molecule has 2 heterocycles. The molecular formula is C27H35N3O6S2. The molecule has 2 aliphatic heterocycles. The maximum atomic E-state index is 13.7. The number of hydrogen-bond acceptors (Lipinski definition) is 6. The summed E-state index contributed by atoms with van der Waals surface area (Å²) in [6.07, 6.45) is 1.69. The van der Waals surface area contributed by atoms with Gasteiger partial charge in [-0.1, -0.05) is 49.0 Å². The third-order valence-corrected chi connectivity index (χ3v) is 10.2. The molecule has 0 bridgehead atoms. The number of morpholine rings is 1. The van der Waals surface area contributed by atoms with Gasteiger partial charge in [-0.05, 0) is 49.4 Å². The lowest BCUT2D eigenvalue weighted by Crippen LogP contribution is -2.49. The lowest BCUT2D eigenvalue weighted by molar-refractivity contribution is -0.140. The van der Waals surface area contributed by atoms with E-state index in [9.17, 15) is 21.6 Å². The highest BCUT2D eigenvalue weighted by Gasteiger charge is 2.36. The van der Waals surface area contributed by atoms with Gasteiger partial charge in [0, 0.05) is 31.1 Å². The van der Waals surface area contributed by atoms with E-state index in [1.165, 1.54) is 4.31 Å². The van der Waals surface area contributed by atoms with Gasteiger partial charge in [0.15, 0.2) is 0 Å². The summed E-state index contributed by atoms with van der Waals surface area (Å²) in [7, 11) is -7.51. The van der Waals surface area contributed by atoms with E-state index in [1.54, 1.807) is 24.3 Å². The summed E-state index contributed by atoms with van der Waals surface area (Å²) in [6, 6.07) is 15.8. The fraction of sp³-hybridized carbons (Fsp3) is 0.444. The molecule has 1 amide bonds. The van der Waals surface area contributed by atoms with Crippen LogP contribution in [-0.4, -0.2) is 76.9 Å². The topological polar surface area (TPSA) is 113 Å². The van der Waals surface area contributed by atoms with Crippen LogP contribution in [-0.2, 0) is 36.0 Å². The SMILES string of the molecule is C=CS(=O)(=O)NC[C@@H]1CCCN1S(=O)(=O)c1ccc(C(Cc2ccccc2)C(=O)N2CCOC[C@H]2C)cc1. The Morgan fingerprint density at radius 1 is 1.11 bits per heavy atom. The highest BCUT2D eigenvalue weighted by molar-refractivity contribution is 7.92. The summed E-state index contributed by atoms with van der Waals surface area (Å²) in [6.45, 7) is 7.03. The Morgan fingerprint density at radius 3 is 2.47 bits per heavy atom. The minimum Gasteiger partial charge on any atom is -0.377 e. The fourth-order valence-corrected chi connectivity index (χ4v) is 7.30. The average Bonchev–Trinajstić information content (AvgIpc) is 3.41. The second-order valence-corrected chi connectivity index (χ2v) is 13.3. The first-order chi connectivity index (χ1) is 18.1. The highest BCUT2D eigenvalue weighted by Crippen LogP contribution is 2.30. The first kappa shape index (κ1) is 28.4. The average molecular weight is 562 g/mol. The van der Waals surface area contributed by atoms with Crippen LogP contribution in [0.25, 0.3) is 0 Å². The first-order valence-electron chi connectivity index (χ1n) is 12.8. The van der Waals surface area contributed by atoms with Gasteiger partial charge in [0.1, 0.15) is 0 Å². The molecule has 206 valence electrons. The third kappa shape index (κ3) is 6.52. The lowest BCUT2D eigenvalue weighted by Gasteiger charge is -2.36. The molecule has 0 spiro atoms. The maximum absolute atomic E-state index is 13.7. The van der Waals surface area contributed by atoms with Crippen LogP contribution in [0.5, 0.6) is 0 Å². The second-order valence-electron chi connectivity index (χ2n) is 9.74. The molecule has 2 aliphatic rings. The van der Waals surface area contributed by atoms with Gasteiger partial charge < -0.3 is 9.64 Å². The Bertz CT molecular complexity index is 1330. The summed E-state index contributed by atoms with van der Waals surface area (Å²) in [5, 5.41) is 0.810. The Balaban J connectivity index is 1.57. The van der Waals surface area contributed by atoms with E-state index in [1.807, 2.05) is 42.2 Å². The smallest absolute Gasteiger partial charge is 0.243 e. The monoisotopic (exact) mass is 561 g/mol. The molecule has 1 unspecified atom stereocenters. The molecule has 0 radical (unpaired) electrons. The van der Waals surface area contributed by atoms with Crippen molar-refractivity contribution in [2.45, 2.75) is 49.1 Å². The number of benzene rings is 2. The van der Waals surface area contributed by atoms with E-state index in [2.05, 4.69) is 11.3 Å². The Hall–Kier alpha value is -2.57. The van der Waals surface area contributed by atoms with Crippen LogP contribution in [0.15, 0.2) is 71.5 Å². The van der Waals surface area contributed by atoms with Crippen LogP contribution in [0.4, 0.5) is 0 Å². The number of nitrogens with zero attached hydrogens (tertiary/aromatic N) is 2. The molecule has 1 N–H and O–H groups in total. The molecule has 3 atom stereocenters. The van der Waals surface area contributed by atoms with Crippen molar-refractivity contribution in [2.75, 3.05) is 32.8 Å². The van der Waals surface area contributed by atoms with Crippen molar-refractivity contribution < 1.29 is 26.4 Å². The van der Waals surface area contributed by atoms with Crippen LogP contribution in [0, 0.1) is 0 Å². The minimum atomic E-state index is -3.85. The Labute approximate surface area is 225 Å². The summed E-state index contributed by atoms with van der Waals surface area (Å²) in [5.74, 6) is -0.475. The zero-order chi connectivity index (χ0) is 27.3. The molecule has 4 rings (SSSR count). The van der Waals surface area contributed by atoms with Crippen LogP contribution < -0.4 is 4.72 Å². The van der Waals surface area contributed by atoms with Crippen LogP contribution in [0.1, 0.15) is 36.8 Å². The molecule has 2 aromatic rings. The number of hydrogen-bond donors (Lipinski definition) is 1. The van der Waals surface area contributed by atoms with Gasteiger partial charge in [-0.15, -0.1) is 0 Å². The quantitative estimate of drug-likeness (QED) is 0.477. The van der Waals surface area contributed by atoms with Gasteiger partial charge in [0.05, 0.1) is 30.1 Å². The number of ether oxygens (including phenoxy) is 1. The molecule has 0 saturated carbocycles. The fourth-order valence-electron chi connectivity index (χ4n) is 5.06. The van der Waals surface area contributed by atoms with Crippen LogP contribution in [0.2, 0.25) is 0 Å². The van der Waals surface area contributed by atoms with Gasteiger partial charge >= 0.3 is 0 Å². The summed E-state index contributed by atoms with van der Waals surface area (Å²) in [4.78, 5) is 15.7. The molecular weight excluding hydrogens is 526 g/mol. The first-order valence-corrected chi connectivity index (χ1v) is 15.8. The zero-order valence-electron chi connectivity index (χ0n) is 21.5. The molecule has 2 fully saturated rings. The standard InChI is InChI=1S/C27H35N3O6S2/c1-3-37(32,33)28-19-24-10-7-15-30(24)38(34,35)25-13-11-23(12-14-25)26(18-22-8-5-4-6-9-22)27(31)29-16-17-36-20-21(29)2/h3-6,8-9,11-14,21,24,26,28H,1,7,10,15-20H2,2H3/t21-,24+,26?/m1/s1. The molecule has 38 heavy (non-hydrogen) atoms. The van der Waals surface area contributed by atoms with Gasteiger partial charge in [-0.2, -0.15) is 4.31 Å². The predicted molar refractivity (Wildman–Crippen MR) is 145 cm³/mol. The summed E-state index contributed by atoms with van der Waals surface area (Å²) in [5.41, 5.74) is 1.76. The van der Waals surface area contributed by atoms with Crippen molar-refractivity contribution in [1.82, 2.24) is 13.9 Å². The second kappa shape index (κ2) is 12.1. The minimum absolute atomic E-state index is 0.00521. The number of carbonyl (C=O) groups is 1. The molecule has 2 aromatic carbocycles. The van der Waals surface area contributed by atoms with E-state index < -0.39 is 32.0 Å². The summed E-state index contributed by atoms with van der Waals surface area (Å²) >= 11 is 0. The lowest BCUT2D eigenvalue weighted by atomic mass is 9.90. The van der Waals surface area contributed by atoms with Crippen molar-refractivity contribution >= 4 is 26.0 Å². The largest absolute Gasteiger partial charge is 0.377 e. The van der Waals surface area contributed by atoms with E-state index in [-0.39, 0.29) is 23.4 Å². The van der Waals surface area contributed by atoms with Gasteiger partial charge in [-0.25, -0.2) is 21.6 Å². The number of rotatable bonds is 10. The van der Waals surface area contributed by atoms with Crippen molar-refractivity contribution in [3.05, 3.63) is 77.7 Å². The molecule has 11 heteroatoms. The third-order valence-electron chi connectivity index (χ3n) is 7.18. The van der Waals surface area contributed by atoms with E-state index in [0.717, 1.165) is 16.5 Å². The normalized spacial score (nSPS) is 21.8.